The maximum absolute atomic E-state index is 5.61. The highest BCUT2D eigenvalue weighted by Crippen LogP contribution is 2.46. The average molecular weight is 259 g/mol. The summed E-state index contributed by atoms with van der Waals surface area (Å²) >= 11 is 0. The Labute approximate surface area is 116 Å². The molecule has 1 saturated heterocycles. The van der Waals surface area contributed by atoms with Crippen LogP contribution in [0.5, 0.6) is 0 Å². The molecule has 1 aliphatic heterocycles. The SMILES string of the molecule is CNC1CCC(C2(c3ccc(C)cc3)COC2)CC1. The Balaban J connectivity index is 1.78. The zero-order valence-electron chi connectivity index (χ0n) is 12.1. The van der Waals surface area contributed by atoms with Crippen LogP contribution in [0.25, 0.3) is 0 Å². The van der Waals surface area contributed by atoms with Crippen LogP contribution in [-0.2, 0) is 10.2 Å². The highest BCUT2D eigenvalue weighted by molar-refractivity contribution is 5.32. The molecule has 0 radical (unpaired) electrons. The molecule has 2 nitrogen and oxygen atoms in total. The number of hydrogen-bond donors (Lipinski definition) is 1. The van der Waals surface area contributed by atoms with Crippen molar-refractivity contribution >= 4 is 0 Å². The first-order valence-electron chi connectivity index (χ1n) is 7.57. The lowest BCUT2D eigenvalue weighted by Crippen LogP contribution is -2.54. The van der Waals surface area contributed by atoms with Gasteiger partial charge in [0.15, 0.2) is 0 Å². The Bertz CT molecular complexity index is 413. The molecular formula is C17H25NO. The lowest BCUT2D eigenvalue weighted by molar-refractivity contribution is -0.0988. The normalized spacial score (nSPS) is 29.8. The van der Waals surface area contributed by atoms with E-state index in [0.29, 0.717) is 5.41 Å². The Morgan fingerprint density at radius 1 is 1.05 bits per heavy atom. The third-order valence-corrected chi connectivity index (χ3v) is 5.26. The van der Waals surface area contributed by atoms with Crippen molar-refractivity contribution in [3.05, 3.63) is 35.4 Å². The van der Waals surface area contributed by atoms with Gasteiger partial charge in [0.1, 0.15) is 0 Å². The van der Waals surface area contributed by atoms with Gasteiger partial charge in [-0.3, -0.25) is 0 Å². The lowest BCUT2D eigenvalue weighted by Gasteiger charge is -2.50. The van der Waals surface area contributed by atoms with Gasteiger partial charge in [-0.15, -0.1) is 0 Å². The van der Waals surface area contributed by atoms with E-state index in [0.717, 1.165) is 25.2 Å². The summed E-state index contributed by atoms with van der Waals surface area (Å²) in [5, 5.41) is 3.43. The van der Waals surface area contributed by atoms with Crippen LogP contribution in [0, 0.1) is 12.8 Å². The van der Waals surface area contributed by atoms with E-state index in [2.05, 4.69) is 43.6 Å². The predicted molar refractivity (Wildman–Crippen MR) is 78.5 cm³/mol. The molecule has 19 heavy (non-hydrogen) atoms. The third kappa shape index (κ3) is 2.32. The van der Waals surface area contributed by atoms with Gasteiger partial charge in [-0.05, 0) is 51.1 Å². The Morgan fingerprint density at radius 3 is 2.16 bits per heavy atom. The summed E-state index contributed by atoms with van der Waals surface area (Å²) in [5.74, 6) is 0.800. The number of hydrogen-bond acceptors (Lipinski definition) is 2. The standard InChI is InChI=1S/C17H25NO/c1-13-3-5-14(6-4-13)17(11-19-12-17)15-7-9-16(18-2)10-8-15/h3-6,15-16,18H,7-12H2,1-2H3. The van der Waals surface area contributed by atoms with Crippen molar-refractivity contribution in [1.29, 1.82) is 0 Å². The van der Waals surface area contributed by atoms with E-state index in [4.69, 9.17) is 4.74 Å². The van der Waals surface area contributed by atoms with Gasteiger partial charge in [-0.1, -0.05) is 29.8 Å². The Kier molecular flexibility index (Phi) is 3.64. The second kappa shape index (κ2) is 5.26. The second-order valence-electron chi connectivity index (χ2n) is 6.35. The van der Waals surface area contributed by atoms with Gasteiger partial charge < -0.3 is 10.1 Å². The largest absolute Gasteiger partial charge is 0.379 e. The second-order valence-corrected chi connectivity index (χ2v) is 6.35. The van der Waals surface area contributed by atoms with Crippen molar-refractivity contribution < 1.29 is 4.74 Å². The minimum absolute atomic E-state index is 0.312. The molecule has 1 N–H and O–H groups in total. The van der Waals surface area contributed by atoms with Crippen molar-refractivity contribution in [2.45, 2.75) is 44.1 Å². The minimum Gasteiger partial charge on any atom is -0.379 e. The van der Waals surface area contributed by atoms with Crippen LogP contribution in [0.2, 0.25) is 0 Å². The van der Waals surface area contributed by atoms with E-state index in [9.17, 15) is 0 Å². The summed E-state index contributed by atoms with van der Waals surface area (Å²) in [7, 11) is 2.09. The maximum Gasteiger partial charge on any atom is 0.0588 e. The molecule has 0 atom stereocenters. The average Bonchev–Trinajstić information content (AvgIpc) is 2.40. The number of benzene rings is 1. The minimum atomic E-state index is 0.312. The van der Waals surface area contributed by atoms with Gasteiger partial charge in [-0.2, -0.15) is 0 Å². The first-order chi connectivity index (χ1) is 9.24. The molecule has 1 saturated carbocycles. The van der Waals surface area contributed by atoms with E-state index in [1.54, 1.807) is 0 Å². The molecule has 1 aromatic rings. The number of ether oxygens (including phenoxy) is 1. The van der Waals surface area contributed by atoms with E-state index < -0.39 is 0 Å². The van der Waals surface area contributed by atoms with Crippen molar-refractivity contribution in [1.82, 2.24) is 5.32 Å². The predicted octanol–water partition coefficient (Wildman–Crippen LogP) is 3.04. The molecule has 1 aliphatic carbocycles. The van der Waals surface area contributed by atoms with E-state index in [1.165, 1.54) is 36.8 Å². The first kappa shape index (κ1) is 13.1. The molecular weight excluding hydrogens is 234 g/mol. The lowest BCUT2D eigenvalue weighted by atomic mass is 9.63. The molecule has 1 heterocycles. The van der Waals surface area contributed by atoms with Crippen molar-refractivity contribution in [2.24, 2.45) is 5.92 Å². The van der Waals surface area contributed by atoms with Gasteiger partial charge in [0, 0.05) is 11.5 Å². The highest BCUT2D eigenvalue weighted by Gasteiger charge is 2.47. The number of aryl methyl sites for hydroxylation is 1. The van der Waals surface area contributed by atoms with Gasteiger partial charge in [0.05, 0.1) is 13.2 Å². The van der Waals surface area contributed by atoms with Crippen LogP contribution in [0.4, 0.5) is 0 Å². The molecule has 2 fully saturated rings. The molecule has 0 unspecified atom stereocenters. The monoisotopic (exact) mass is 259 g/mol. The molecule has 3 rings (SSSR count). The molecule has 0 bridgehead atoms. The molecule has 0 amide bonds. The van der Waals surface area contributed by atoms with Gasteiger partial charge >= 0.3 is 0 Å². The summed E-state index contributed by atoms with van der Waals surface area (Å²) in [5.41, 5.74) is 3.15. The fourth-order valence-corrected chi connectivity index (χ4v) is 3.78. The molecule has 0 aromatic heterocycles. The summed E-state index contributed by atoms with van der Waals surface area (Å²) in [6, 6.07) is 9.86. The van der Waals surface area contributed by atoms with E-state index >= 15 is 0 Å². The van der Waals surface area contributed by atoms with Crippen LogP contribution in [0.15, 0.2) is 24.3 Å². The zero-order valence-corrected chi connectivity index (χ0v) is 12.1. The Morgan fingerprint density at radius 2 is 1.68 bits per heavy atom. The number of rotatable bonds is 3. The van der Waals surface area contributed by atoms with Crippen LogP contribution >= 0.6 is 0 Å². The van der Waals surface area contributed by atoms with Crippen LogP contribution in [0.1, 0.15) is 36.8 Å². The summed E-state index contributed by atoms with van der Waals surface area (Å²) in [6.45, 7) is 4.00. The first-order valence-corrected chi connectivity index (χ1v) is 7.57. The topological polar surface area (TPSA) is 21.3 Å². The zero-order chi connectivity index (χ0) is 13.3. The van der Waals surface area contributed by atoms with Crippen molar-refractivity contribution in [2.75, 3.05) is 20.3 Å². The molecule has 0 spiro atoms. The quantitative estimate of drug-likeness (QED) is 0.901. The Hall–Kier alpha value is -0.860. The smallest absolute Gasteiger partial charge is 0.0588 e. The van der Waals surface area contributed by atoms with Gasteiger partial charge in [-0.25, -0.2) is 0 Å². The van der Waals surface area contributed by atoms with E-state index in [-0.39, 0.29) is 0 Å². The molecule has 2 heteroatoms. The van der Waals surface area contributed by atoms with Crippen molar-refractivity contribution in [3.8, 4) is 0 Å². The van der Waals surface area contributed by atoms with Gasteiger partial charge in [0.2, 0.25) is 0 Å². The fourth-order valence-electron chi connectivity index (χ4n) is 3.78. The van der Waals surface area contributed by atoms with E-state index in [1.807, 2.05) is 0 Å². The molecule has 1 aromatic carbocycles. The molecule has 104 valence electrons. The summed E-state index contributed by atoms with van der Waals surface area (Å²) < 4.78 is 5.61. The highest BCUT2D eigenvalue weighted by atomic mass is 16.5. The van der Waals surface area contributed by atoms with Crippen LogP contribution in [0.3, 0.4) is 0 Å². The van der Waals surface area contributed by atoms with Gasteiger partial charge in [0.25, 0.3) is 0 Å². The van der Waals surface area contributed by atoms with Crippen LogP contribution < -0.4 is 5.32 Å². The molecule has 2 aliphatic rings. The maximum atomic E-state index is 5.61. The fraction of sp³-hybridized carbons (Fsp3) is 0.647. The summed E-state index contributed by atoms with van der Waals surface area (Å²) in [6.07, 6.45) is 5.30. The number of nitrogens with one attached hydrogen (secondary N) is 1. The van der Waals surface area contributed by atoms with Crippen LogP contribution in [-0.4, -0.2) is 26.3 Å². The summed E-state index contributed by atoms with van der Waals surface area (Å²) in [4.78, 5) is 0. The third-order valence-electron chi connectivity index (χ3n) is 5.26. The van der Waals surface area contributed by atoms with Crippen molar-refractivity contribution in [3.63, 3.8) is 0 Å².